The van der Waals surface area contributed by atoms with E-state index < -0.39 is 0 Å². The van der Waals surface area contributed by atoms with E-state index in [4.69, 9.17) is 0 Å². The molecule has 0 aromatic carbocycles. The number of rotatable bonds is 3. The van der Waals surface area contributed by atoms with Crippen LogP contribution in [0.5, 0.6) is 0 Å². The molecule has 2 heterocycles. The van der Waals surface area contributed by atoms with Crippen molar-refractivity contribution in [2.45, 2.75) is 37.6 Å². The lowest BCUT2D eigenvalue weighted by atomic mass is 9.86. The fourth-order valence-electron chi connectivity index (χ4n) is 3.05. The Morgan fingerprint density at radius 1 is 1.21 bits per heavy atom. The number of halogens is 1. The Hall–Kier alpha value is -0.150. The van der Waals surface area contributed by atoms with Gasteiger partial charge < -0.3 is 5.32 Å². The first-order chi connectivity index (χ1) is 6.87. The molecule has 3 heteroatoms. The number of hydrogen-bond donors (Lipinski definition) is 1. The monoisotopic (exact) mass is 200 g/mol. The summed E-state index contributed by atoms with van der Waals surface area (Å²) in [5.41, 5.74) is 0.445. The molecule has 0 amide bonds. The lowest BCUT2D eigenvalue weighted by Crippen LogP contribution is -2.51. The number of piperidine rings is 1. The first-order valence-electron chi connectivity index (χ1n) is 5.89. The molecule has 1 spiro atoms. The van der Waals surface area contributed by atoms with Gasteiger partial charge in [-0.15, -0.1) is 0 Å². The Bertz CT molecular complexity index is 178. The number of hydrogen-bond acceptors (Lipinski definition) is 2. The standard InChI is InChI=1S/C11H21FN2/c12-6-2-10-14-9-1-3-11(14)4-7-13-8-5-11/h13H,1-10H2. The van der Waals surface area contributed by atoms with Gasteiger partial charge in [0.1, 0.15) is 0 Å². The van der Waals surface area contributed by atoms with Gasteiger partial charge in [-0.25, -0.2) is 0 Å². The third-order valence-electron chi connectivity index (χ3n) is 3.84. The quantitative estimate of drug-likeness (QED) is 0.744. The number of likely N-dealkylation sites (tertiary alicyclic amines) is 1. The van der Waals surface area contributed by atoms with Crippen molar-refractivity contribution >= 4 is 0 Å². The summed E-state index contributed by atoms with van der Waals surface area (Å²) in [6.45, 7) is 4.29. The van der Waals surface area contributed by atoms with E-state index in [2.05, 4.69) is 10.2 Å². The smallest absolute Gasteiger partial charge is 0.0906 e. The topological polar surface area (TPSA) is 15.3 Å². The van der Waals surface area contributed by atoms with Gasteiger partial charge in [-0.05, 0) is 51.7 Å². The molecule has 82 valence electrons. The van der Waals surface area contributed by atoms with Crippen LogP contribution in [-0.4, -0.2) is 43.3 Å². The molecule has 0 radical (unpaired) electrons. The third kappa shape index (κ3) is 1.94. The molecule has 0 aromatic heterocycles. The minimum Gasteiger partial charge on any atom is -0.317 e. The maximum absolute atomic E-state index is 12.2. The average molecular weight is 200 g/mol. The zero-order chi connectivity index (χ0) is 9.86. The zero-order valence-electron chi connectivity index (χ0n) is 8.90. The molecule has 0 unspecified atom stereocenters. The van der Waals surface area contributed by atoms with E-state index in [9.17, 15) is 4.39 Å². The van der Waals surface area contributed by atoms with Crippen LogP contribution in [0.15, 0.2) is 0 Å². The molecule has 0 atom stereocenters. The predicted octanol–water partition coefficient (Wildman–Crippen LogP) is 1.56. The molecule has 14 heavy (non-hydrogen) atoms. The van der Waals surface area contributed by atoms with Crippen LogP contribution in [0.2, 0.25) is 0 Å². The minimum absolute atomic E-state index is 0.162. The fourth-order valence-corrected chi connectivity index (χ4v) is 3.05. The van der Waals surface area contributed by atoms with E-state index in [1.165, 1.54) is 32.2 Å². The maximum atomic E-state index is 12.2. The van der Waals surface area contributed by atoms with Crippen LogP contribution in [0.4, 0.5) is 4.39 Å². The van der Waals surface area contributed by atoms with E-state index in [1.54, 1.807) is 0 Å². The van der Waals surface area contributed by atoms with E-state index in [-0.39, 0.29) is 6.67 Å². The van der Waals surface area contributed by atoms with Crippen molar-refractivity contribution in [1.82, 2.24) is 10.2 Å². The van der Waals surface area contributed by atoms with Gasteiger partial charge in [0.15, 0.2) is 0 Å². The van der Waals surface area contributed by atoms with E-state index in [1.807, 2.05) is 0 Å². The van der Waals surface area contributed by atoms with Crippen LogP contribution in [0.3, 0.4) is 0 Å². The van der Waals surface area contributed by atoms with Gasteiger partial charge in [-0.2, -0.15) is 0 Å². The fraction of sp³-hybridized carbons (Fsp3) is 1.00. The Morgan fingerprint density at radius 2 is 2.00 bits per heavy atom. The van der Waals surface area contributed by atoms with Crippen LogP contribution in [-0.2, 0) is 0 Å². The summed E-state index contributed by atoms with van der Waals surface area (Å²) >= 11 is 0. The predicted molar refractivity (Wildman–Crippen MR) is 56.2 cm³/mol. The second-order valence-corrected chi connectivity index (χ2v) is 4.61. The van der Waals surface area contributed by atoms with Crippen molar-refractivity contribution in [1.29, 1.82) is 0 Å². The van der Waals surface area contributed by atoms with Gasteiger partial charge in [0.2, 0.25) is 0 Å². The molecule has 2 nitrogen and oxygen atoms in total. The molecule has 2 fully saturated rings. The highest BCUT2D eigenvalue weighted by Gasteiger charge is 2.40. The summed E-state index contributed by atoms with van der Waals surface area (Å²) in [5.74, 6) is 0. The summed E-state index contributed by atoms with van der Waals surface area (Å²) in [4.78, 5) is 2.55. The van der Waals surface area contributed by atoms with Crippen LogP contribution < -0.4 is 5.32 Å². The van der Waals surface area contributed by atoms with Gasteiger partial charge in [-0.3, -0.25) is 9.29 Å². The Morgan fingerprint density at radius 3 is 2.71 bits per heavy atom. The van der Waals surface area contributed by atoms with Gasteiger partial charge in [0.25, 0.3) is 0 Å². The van der Waals surface area contributed by atoms with Crippen LogP contribution in [0, 0.1) is 0 Å². The maximum Gasteiger partial charge on any atom is 0.0906 e. The lowest BCUT2D eigenvalue weighted by molar-refractivity contribution is 0.0965. The first-order valence-corrected chi connectivity index (χ1v) is 5.89. The van der Waals surface area contributed by atoms with Crippen LogP contribution in [0.1, 0.15) is 32.1 Å². The average Bonchev–Trinajstić information content (AvgIpc) is 2.59. The summed E-state index contributed by atoms with van der Waals surface area (Å²) < 4.78 is 12.2. The summed E-state index contributed by atoms with van der Waals surface area (Å²) in [5, 5.41) is 3.41. The molecule has 0 aliphatic carbocycles. The Labute approximate surface area is 85.9 Å². The molecule has 0 saturated carbocycles. The summed E-state index contributed by atoms with van der Waals surface area (Å²) in [7, 11) is 0. The molecule has 0 bridgehead atoms. The van der Waals surface area contributed by atoms with Crippen molar-refractivity contribution in [2.75, 3.05) is 32.9 Å². The molecule has 1 N–H and O–H groups in total. The molecule has 2 aliphatic rings. The van der Waals surface area contributed by atoms with Crippen molar-refractivity contribution in [3.8, 4) is 0 Å². The molecule has 0 aromatic rings. The van der Waals surface area contributed by atoms with Gasteiger partial charge in [-0.1, -0.05) is 0 Å². The van der Waals surface area contributed by atoms with Gasteiger partial charge >= 0.3 is 0 Å². The molecule has 2 saturated heterocycles. The normalized spacial score (nSPS) is 27.2. The van der Waals surface area contributed by atoms with Gasteiger partial charge in [0.05, 0.1) is 6.67 Å². The molecular weight excluding hydrogens is 179 g/mol. The third-order valence-corrected chi connectivity index (χ3v) is 3.84. The van der Waals surface area contributed by atoms with Gasteiger partial charge in [0, 0.05) is 12.1 Å². The van der Waals surface area contributed by atoms with E-state index in [0.29, 0.717) is 5.54 Å². The minimum atomic E-state index is -0.162. The lowest BCUT2D eigenvalue weighted by Gasteiger charge is -2.42. The highest BCUT2D eigenvalue weighted by Crippen LogP contribution is 2.36. The van der Waals surface area contributed by atoms with Crippen molar-refractivity contribution < 1.29 is 4.39 Å². The van der Waals surface area contributed by atoms with Crippen molar-refractivity contribution in [3.05, 3.63) is 0 Å². The Kier molecular flexibility index (Phi) is 3.39. The SMILES string of the molecule is FCCCN1CCCC12CCNCC2. The largest absolute Gasteiger partial charge is 0.317 e. The highest BCUT2D eigenvalue weighted by atomic mass is 19.1. The summed E-state index contributed by atoms with van der Waals surface area (Å²) in [6.07, 6.45) is 5.89. The number of nitrogens with one attached hydrogen (secondary N) is 1. The van der Waals surface area contributed by atoms with Crippen molar-refractivity contribution in [3.63, 3.8) is 0 Å². The number of alkyl halides is 1. The summed E-state index contributed by atoms with van der Waals surface area (Å²) in [6, 6.07) is 0. The van der Waals surface area contributed by atoms with E-state index in [0.717, 1.165) is 26.1 Å². The van der Waals surface area contributed by atoms with Crippen molar-refractivity contribution in [2.24, 2.45) is 0 Å². The second-order valence-electron chi connectivity index (χ2n) is 4.61. The highest BCUT2D eigenvalue weighted by molar-refractivity contribution is 4.98. The second kappa shape index (κ2) is 4.58. The molecule has 2 aliphatic heterocycles. The van der Waals surface area contributed by atoms with Crippen LogP contribution in [0.25, 0.3) is 0 Å². The zero-order valence-corrected chi connectivity index (χ0v) is 8.90. The Balaban J connectivity index is 1.93. The molecular formula is C11H21FN2. The molecule has 2 rings (SSSR count). The van der Waals surface area contributed by atoms with Crippen LogP contribution >= 0.6 is 0 Å². The van der Waals surface area contributed by atoms with E-state index >= 15 is 0 Å². The number of nitrogens with zero attached hydrogens (tertiary/aromatic N) is 1. The first kappa shape index (κ1) is 10.4.